The number of hydrogen-bond donors (Lipinski definition) is 1. The highest BCUT2D eigenvalue weighted by Crippen LogP contribution is 2.25. The van der Waals surface area contributed by atoms with Crippen LogP contribution in [0.4, 0.5) is 0 Å². The van der Waals surface area contributed by atoms with Gasteiger partial charge in [-0.1, -0.05) is 47.5 Å². The zero-order valence-corrected chi connectivity index (χ0v) is 17.4. The van der Waals surface area contributed by atoms with Crippen molar-refractivity contribution in [2.75, 3.05) is 0 Å². The van der Waals surface area contributed by atoms with Crippen molar-refractivity contribution in [2.24, 2.45) is 21.1 Å². The first kappa shape index (κ1) is 20.6. The van der Waals surface area contributed by atoms with E-state index in [0.717, 1.165) is 11.1 Å². The Balaban J connectivity index is 0.000000166. The fourth-order valence-electron chi connectivity index (χ4n) is 2.67. The molecule has 2 aromatic carbocycles. The minimum absolute atomic E-state index is 0.162. The van der Waals surface area contributed by atoms with E-state index in [1.807, 2.05) is 36.4 Å². The molecule has 0 aliphatic carbocycles. The molecule has 29 heavy (non-hydrogen) atoms. The smallest absolute Gasteiger partial charge is 0.278 e. The molecular formula is C19H18Cl2N6O2. The molecule has 4 rings (SSSR count). The number of rotatable bonds is 2. The van der Waals surface area contributed by atoms with E-state index in [4.69, 9.17) is 23.2 Å². The van der Waals surface area contributed by atoms with Gasteiger partial charge in [-0.15, -0.1) is 5.10 Å². The second-order valence-corrected chi connectivity index (χ2v) is 6.97. The zero-order valence-electron chi connectivity index (χ0n) is 15.9. The van der Waals surface area contributed by atoms with Gasteiger partial charge in [0.25, 0.3) is 0 Å². The summed E-state index contributed by atoms with van der Waals surface area (Å²) in [6.45, 7) is 0. The number of halogens is 2. The van der Waals surface area contributed by atoms with E-state index in [0.29, 0.717) is 21.7 Å². The number of aromatic amines is 1. The second kappa shape index (κ2) is 8.50. The predicted molar refractivity (Wildman–Crippen MR) is 113 cm³/mol. The minimum atomic E-state index is -0.250. The van der Waals surface area contributed by atoms with Crippen molar-refractivity contribution < 1.29 is 0 Å². The SMILES string of the molecule is Cn1c(-c2ccccc2Cl)n[nH]c1=O.Cn1nc(-c2ccccc2Cl)n(C)c1=O. The number of H-pyrrole nitrogens is 1. The van der Waals surface area contributed by atoms with Gasteiger partial charge in [-0.3, -0.25) is 9.13 Å². The summed E-state index contributed by atoms with van der Waals surface area (Å²) in [5, 5.41) is 11.5. The maximum absolute atomic E-state index is 11.5. The van der Waals surface area contributed by atoms with Crippen molar-refractivity contribution in [1.82, 2.24) is 29.1 Å². The van der Waals surface area contributed by atoms with Crippen molar-refractivity contribution in [3.8, 4) is 22.8 Å². The van der Waals surface area contributed by atoms with Crippen LogP contribution in [0, 0.1) is 0 Å². The Morgan fingerprint density at radius 1 is 0.793 bits per heavy atom. The molecule has 0 amide bonds. The summed E-state index contributed by atoms with van der Waals surface area (Å²) in [5.41, 5.74) is 1.10. The van der Waals surface area contributed by atoms with Gasteiger partial charge >= 0.3 is 11.4 Å². The van der Waals surface area contributed by atoms with E-state index >= 15 is 0 Å². The number of nitrogens with one attached hydrogen (secondary N) is 1. The van der Waals surface area contributed by atoms with Crippen molar-refractivity contribution in [3.05, 3.63) is 79.5 Å². The Labute approximate surface area is 175 Å². The van der Waals surface area contributed by atoms with E-state index in [9.17, 15) is 9.59 Å². The van der Waals surface area contributed by atoms with Gasteiger partial charge in [0, 0.05) is 32.3 Å². The van der Waals surface area contributed by atoms with Gasteiger partial charge in [-0.25, -0.2) is 19.4 Å². The van der Waals surface area contributed by atoms with E-state index in [-0.39, 0.29) is 11.4 Å². The van der Waals surface area contributed by atoms with Crippen LogP contribution in [-0.2, 0) is 21.1 Å². The summed E-state index contributed by atoms with van der Waals surface area (Å²) in [5.74, 6) is 1.12. The van der Waals surface area contributed by atoms with Gasteiger partial charge in [0.05, 0.1) is 10.0 Å². The van der Waals surface area contributed by atoms with Gasteiger partial charge in [0.15, 0.2) is 11.6 Å². The van der Waals surface area contributed by atoms with E-state index in [1.54, 1.807) is 33.3 Å². The molecule has 8 nitrogen and oxygen atoms in total. The van der Waals surface area contributed by atoms with Crippen LogP contribution >= 0.6 is 23.2 Å². The molecule has 0 saturated heterocycles. The molecule has 1 N–H and O–H groups in total. The van der Waals surface area contributed by atoms with Gasteiger partial charge < -0.3 is 0 Å². The van der Waals surface area contributed by atoms with E-state index < -0.39 is 0 Å². The maximum Gasteiger partial charge on any atom is 0.345 e. The molecule has 0 atom stereocenters. The molecule has 2 heterocycles. The molecule has 10 heteroatoms. The average molecular weight is 433 g/mol. The summed E-state index contributed by atoms with van der Waals surface area (Å²) >= 11 is 12.0. The summed E-state index contributed by atoms with van der Waals surface area (Å²) in [7, 11) is 4.93. The molecule has 0 aliphatic rings. The van der Waals surface area contributed by atoms with Gasteiger partial charge in [-0.2, -0.15) is 5.10 Å². The summed E-state index contributed by atoms with van der Waals surface area (Å²) in [6, 6.07) is 14.6. The molecule has 0 saturated carbocycles. The third-order valence-electron chi connectivity index (χ3n) is 4.24. The first-order chi connectivity index (χ1) is 13.8. The average Bonchev–Trinajstić information content (AvgIpc) is 3.17. The largest absolute Gasteiger partial charge is 0.345 e. The Morgan fingerprint density at radius 2 is 1.31 bits per heavy atom. The maximum atomic E-state index is 11.5. The van der Waals surface area contributed by atoms with Crippen molar-refractivity contribution >= 4 is 23.2 Å². The monoisotopic (exact) mass is 432 g/mol. The topological polar surface area (TPSA) is 90.5 Å². The van der Waals surface area contributed by atoms with Crippen LogP contribution in [0.15, 0.2) is 58.1 Å². The van der Waals surface area contributed by atoms with Crippen LogP contribution in [0.5, 0.6) is 0 Å². The Hall–Kier alpha value is -3.10. The number of nitrogens with zero attached hydrogens (tertiary/aromatic N) is 5. The first-order valence-corrected chi connectivity index (χ1v) is 9.28. The van der Waals surface area contributed by atoms with Crippen LogP contribution < -0.4 is 11.4 Å². The third kappa shape index (κ3) is 4.18. The Bertz CT molecular complexity index is 1270. The zero-order chi connectivity index (χ0) is 21.1. The third-order valence-corrected chi connectivity index (χ3v) is 4.89. The molecular weight excluding hydrogens is 415 g/mol. The molecule has 0 radical (unpaired) electrons. The Kier molecular flexibility index (Phi) is 6.05. The summed E-state index contributed by atoms with van der Waals surface area (Å²) < 4.78 is 4.18. The number of hydrogen-bond acceptors (Lipinski definition) is 4. The minimum Gasteiger partial charge on any atom is -0.278 e. The van der Waals surface area contributed by atoms with Crippen LogP contribution in [0.2, 0.25) is 10.0 Å². The van der Waals surface area contributed by atoms with Crippen LogP contribution in [0.3, 0.4) is 0 Å². The van der Waals surface area contributed by atoms with Crippen LogP contribution in [-0.4, -0.2) is 29.1 Å². The highest BCUT2D eigenvalue weighted by atomic mass is 35.5. The lowest BCUT2D eigenvalue weighted by Gasteiger charge is -2.01. The fraction of sp³-hybridized carbons (Fsp3) is 0.158. The van der Waals surface area contributed by atoms with Crippen molar-refractivity contribution in [3.63, 3.8) is 0 Å². The molecule has 0 spiro atoms. The molecule has 0 aliphatic heterocycles. The molecule has 0 unspecified atom stereocenters. The van der Waals surface area contributed by atoms with E-state index in [2.05, 4.69) is 15.3 Å². The highest BCUT2D eigenvalue weighted by Gasteiger charge is 2.12. The predicted octanol–water partition coefficient (Wildman–Crippen LogP) is 2.87. The molecule has 2 aromatic heterocycles. The number of benzene rings is 2. The van der Waals surface area contributed by atoms with Crippen LogP contribution in [0.1, 0.15) is 0 Å². The summed E-state index contributed by atoms with van der Waals surface area (Å²) in [6.07, 6.45) is 0. The quantitative estimate of drug-likeness (QED) is 0.527. The van der Waals surface area contributed by atoms with Gasteiger partial charge in [0.1, 0.15) is 0 Å². The van der Waals surface area contributed by atoms with Crippen LogP contribution in [0.25, 0.3) is 22.8 Å². The van der Waals surface area contributed by atoms with E-state index in [1.165, 1.54) is 13.8 Å². The Morgan fingerprint density at radius 3 is 1.72 bits per heavy atom. The van der Waals surface area contributed by atoms with Gasteiger partial charge in [0.2, 0.25) is 0 Å². The lowest BCUT2D eigenvalue weighted by molar-refractivity contribution is 0.714. The summed E-state index contributed by atoms with van der Waals surface area (Å²) in [4.78, 5) is 22.6. The standard InChI is InChI=1S/C10H10ClN3O.C9H8ClN3O/c1-13-9(12-14(2)10(13)15)7-5-3-4-6-8(7)11;1-13-8(11-12-9(13)14)6-4-2-3-5-7(6)10/h3-6H,1-2H3;2-5H,1H3,(H,12,14). The highest BCUT2D eigenvalue weighted by molar-refractivity contribution is 6.33. The van der Waals surface area contributed by atoms with Gasteiger partial charge in [-0.05, 0) is 24.3 Å². The normalized spacial score (nSPS) is 10.5. The molecule has 150 valence electrons. The lowest BCUT2D eigenvalue weighted by atomic mass is 10.2. The second-order valence-electron chi connectivity index (χ2n) is 6.16. The molecule has 0 fully saturated rings. The lowest BCUT2D eigenvalue weighted by Crippen LogP contribution is -2.20. The molecule has 0 bridgehead atoms. The first-order valence-electron chi connectivity index (χ1n) is 8.52. The molecule has 4 aromatic rings. The fourth-order valence-corrected chi connectivity index (χ4v) is 3.11. The van der Waals surface area contributed by atoms with Crippen molar-refractivity contribution in [1.29, 1.82) is 0 Å². The number of aromatic nitrogens is 6. The number of aryl methyl sites for hydroxylation is 1. The van der Waals surface area contributed by atoms with Crippen molar-refractivity contribution in [2.45, 2.75) is 0 Å².